The number of aliphatic imine (C=N–C) groups is 1. The van der Waals surface area contributed by atoms with Crippen LogP contribution < -0.4 is 4.74 Å². The van der Waals surface area contributed by atoms with E-state index in [2.05, 4.69) is 4.99 Å². The summed E-state index contributed by atoms with van der Waals surface area (Å²) in [7, 11) is 1.58. The van der Waals surface area contributed by atoms with Crippen molar-refractivity contribution in [1.29, 1.82) is 0 Å². The number of esters is 1. The summed E-state index contributed by atoms with van der Waals surface area (Å²) in [4.78, 5) is 17.2. The molecular weight excluding hydrogens is 358 g/mol. The maximum atomic E-state index is 12.2. The third kappa shape index (κ3) is 2.81. The van der Waals surface area contributed by atoms with Gasteiger partial charge in [0, 0.05) is 15.6 Å². The zero-order valence-corrected chi connectivity index (χ0v) is 14.7. The number of ether oxygens (including phenoxy) is 2. The fourth-order valence-electron chi connectivity index (χ4n) is 2.59. The molecule has 0 spiro atoms. The van der Waals surface area contributed by atoms with E-state index < -0.39 is 5.97 Å². The van der Waals surface area contributed by atoms with Crippen molar-refractivity contribution in [2.75, 3.05) is 7.11 Å². The molecule has 0 bridgehead atoms. The molecule has 2 heterocycles. The highest BCUT2D eigenvalue weighted by Gasteiger charge is 2.28. The van der Waals surface area contributed by atoms with Gasteiger partial charge in [-0.2, -0.15) is 0 Å². The number of para-hydroxylation sites is 1. The Hall–Kier alpha value is -2.63. The molecular formula is C19H12ClNO3S. The van der Waals surface area contributed by atoms with Gasteiger partial charge in [-0.15, -0.1) is 11.3 Å². The SMILES string of the molecule is COc1ccccc1/C=C1/N=C(c2sc3ccccc3c2Cl)OC1=O. The van der Waals surface area contributed by atoms with Crippen LogP contribution in [0.2, 0.25) is 5.02 Å². The van der Waals surface area contributed by atoms with Crippen molar-refractivity contribution >= 4 is 51.0 Å². The number of cyclic esters (lactones) is 1. The Morgan fingerprint density at radius 3 is 2.72 bits per heavy atom. The van der Waals surface area contributed by atoms with E-state index in [1.54, 1.807) is 13.2 Å². The topological polar surface area (TPSA) is 47.9 Å². The lowest BCUT2D eigenvalue weighted by atomic mass is 10.1. The van der Waals surface area contributed by atoms with Gasteiger partial charge in [0.25, 0.3) is 0 Å². The van der Waals surface area contributed by atoms with Crippen molar-refractivity contribution in [2.24, 2.45) is 4.99 Å². The summed E-state index contributed by atoms with van der Waals surface area (Å²) in [5.74, 6) is 0.387. The van der Waals surface area contributed by atoms with Crippen LogP contribution in [0.15, 0.2) is 59.2 Å². The summed E-state index contributed by atoms with van der Waals surface area (Å²) in [5, 5.41) is 1.47. The lowest BCUT2D eigenvalue weighted by Gasteiger charge is -2.03. The van der Waals surface area contributed by atoms with Crippen molar-refractivity contribution < 1.29 is 14.3 Å². The third-order valence-corrected chi connectivity index (χ3v) is 5.44. The molecule has 0 saturated carbocycles. The number of benzene rings is 2. The zero-order valence-electron chi connectivity index (χ0n) is 13.2. The lowest BCUT2D eigenvalue weighted by Crippen LogP contribution is -2.04. The minimum atomic E-state index is -0.505. The zero-order chi connectivity index (χ0) is 17.4. The van der Waals surface area contributed by atoms with E-state index in [0.717, 1.165) is 15.6 Å². The molecule has 1 aromatic heterocycles. The van der Waals surface area contributed by atoms with Gasteiger partial charge in [0.2, 0.25) is 5.90 Å². The number of nitrogens with zero attached hydrogens (tertiary/aromatic N) is 1. The summed E-state index contributed by atoms with van der Waals surface area (Å²) < 4.78 is 11.7. The Bertz CT molecular complexity index is 1050. The monoisotopic (exact) mass is 369 g/mol. The van der Waals surface area contributed by atoms with E-state index in [4.69, 9.17) is 21.1 Å². The highest BCUT2D eigenvalue weighted by molar-refractivity contribution is 7.21. The van der Waals surface area contributed by atoms with Crippen LogP contribution in [0.3, 0.4) is 0 Å². The standard InChI is InChI=1S/C19H12ClNO3S/c1-23-14-8-4-2-6-11(14)10-13-19(22)24-18(21-13)17-16(20)12-7-3-5-9-15(12)25-17/h2-10H,1H3/b13-10+. The number of hydrogen-bond acceptors (Lipinski definition) is 5. The van der Waals surface area contributed by atoms with Crippen LogP contribution in [-0.4, -0.2) is 19.0 Å². The highest BCUT2D eigenvalue weighted by Crippen LogP contribution is 2.37. The van der Waals surface area contributed by atoms with Gasteiger partial charge in [-0.1, -0.05) is 48.0 Å². The maximum absolute atomic E-state index is 12.2. The van der Waals surface area contributed by atoms with Crippen LogP contribution in [0, 0.1) is 0 Å². The van der Waals surface area contributed by atoms with Gasteiger partial charge in [0.1, 0.15) is 10.6 Å². The first-order valence-electron chi connectivity index (χ1n) is 7.50. The molecule has 0 aliphatic carbocycles. The number of rotatable bonds is 3. The quantitative estimate of drug-likeness (QED) is 0.487. The molecule has 1 aliphatic heterocycles. The molecule has 0 unspecified atom stereocenters. The molecule has 0 radical (unpaired) electrons. The smallest absolute Gasteiger partial charge is 0.363 e. The summed E-state index contributed by atoms with van der Waals surface area (Å²) in [6.45, 7) is 0. The average molecular weight is 370 g/mol. The molecule has 0 fully saturated rings. The lowest BCUT2D eigenvalue weighted by molar-refractivity contribution is -0.129. The van der Waals surface area contributed by atoms with Crippen molar-refractivity contribution in [3.8, 4) is 5.75 Å². The van der Waals surface area contributed by atoms with Gasteiger partial charge in [-0.3, -0.25) is 0 Å². The minimum absolute atomic E-state index is 0.216. The fourth-order valence-corrected chi connectivity index (χ4v) is 4.03. The van der Waals surface area contributed by atoms with Crippen molar-refractivity contribution in [3.05, 3.63) is 69.7 Å². The minimum Gasteiger partial charge on any atom is -0.496 e. The predicted octanol–water partition coefficient (Wildman–Crippen LogP) is 4.91. The van der Waals surface area contributed by atoms with E-state index in [1.807, 2.05) is 48.5 Å². The first-order valence-corrected chi connectivity index (χ1v) is 8.70. The van der Waals surface area contributed by atoms with Gasteiger partial charge >= 0.3 is 5.97 Å². The van der Waals surface area contributed by atoms with Crippen LogP contribution in [0.4, 0.5) is 0 Å². The van der Waals surface area contributed by atoms with Crippen LogP contribution in [-0.2, 0) is 9.53 Å². The summed E-state index contributed by atoms with van der Waals surface area (Å²) in [6, 6.07) is 15.1. The average Bonchev–Trinajstić information content (AvgIpc) is 3.16. The summed E-state index contributed by atoms with van der Waals surface area (Å²) in [6.07, 6.45) is 1.65. The second kappa shape index (κ2) is 6.35. The van der Waals surface area contributed by atoms with Crippen LogP contribution >= 0.6 is 22.9 Å². The molecule has 124 valence electrons. The van der Waals surface area contributed by atoms with E-state index >= 15 is 0 Å². The summed E-state index contributed by atoms with van der Waals surface area (Å²) >= 11 is 7.89. The first kappa shape index (κ1) is 15.9. The fraction of sp³-hybridized carbons (Fsp3) is 0.0526. The van der Waals surface area contributed by atoms with Crippen LogP contribution in [0.25, 0.3) is 16.2 Å². The van der Waals surface area contributed by atoms with Gasteiger partial charge in [-0.05, 0) is 18.2 Å². The Morgan fingerprint density at radius 2 is 1.92 bits per heavy atom. The largest absolute Gasteiger partial charge is 0.496 e. The molecule has 4 rings (SSSR count). The molecule has 0 N–H and O–H groups in total. The highest BCUT2D eigenvalue weighted by atomic mass is 35.5. The molecule has 3 aromatic rings. The maximum Gasteiger partial charge on any atom is 0.363 e. The van der Waals surface area contributed by atoms with E-state index in [9.17, 15) is 4.79 Å². The summed E-state index contributed by atoms with van der Waals surface area (Å²) in [5.41, 5.74) is 0.970. The molecule has 4 nitrogen and oxygen atoms in total. The van der Waals surface area contributed by atoms with E-state index in [-0.39, 0.29) is 11.6 Å². The number of thiophene rings is 1. The number of halogens is 1. The van der Waals surface area contributed by atoms with Crippen LogP contribution in [0.5, 0.6) is 5.75 Å². The van der Waals surface area contributed by atoms with Crippen molar-refractivity contribution in [2.45, 2.75) is 0 Å². The molecule has 0 atom stereocenters. The molecule has 6 heteroatoms. The van der Waals surface area contributed by atoms with Crippen molar-refractivity contribution in [3.63, 3.8) is 0 Å². The molecule has 2 aromatic carbocycles. The molecule has 1 aliphatic rings. The first-order chi connectivity index (χ1) is 12.2. The van der Waals surface area contributed by atoms with Gasteiger partial charge in [0.05, 0.1) is 12.1 Å². The van der Waals surface area contributed by atoms with Crippen LogP contribution in [0.1, 0.15) is 10.4 Å². The number of hydrogen-bond donors (Lipinski definition) is 0. The normalized spacial score (nSPS) is 15.5. The Balaban J connectivity index is 1.77. The van der Waals surface area contributed by atoms with E-state index in [1.165, 1.54) is 11.3 Å². The Labute approximate surface area is 153 Å². The Morgan fingerprint density at radius 1 is 1.16 bits per heavy atom. The number of carbonyl (C=O) groups is 1. The second-order valence-electron chi connectivity index (χ2n) is 5.32. The number of methoxy groups -OCH3 is 1. The number of fused-ring (bicyclic) bond motifs is 1. The second-order valence-corrected chi connectivity index (χ2v) is 6.75. The molecule has 0 saturated heterocycles. The number of carbonyl (C=O) groups excluding carboxylic acids is 1. The Kier molecular flexibility index (Phi) is 4.03. The predicted molar refractivity (Wildman–Crippen MR) is 100 cm³/mol. The van der Waals surface area contributed by atoms with Crippen molar-refractivity contribution in [1.82, 2.24) is 0 Å². The van der Waals surface area contributed by atoms with E-state index in [0.29, 0.717) is 15.6 Å². The van der Waals surface area contributed by atoms with Gasteiger partial charge in [0.15, 0.2) is 5.70 Å². The third-order valence-electron chi connectivity index (χ3n) is 3.78. The molecule has 0 amide bonds. The molecule has 25 heavy (non-hydrogen) atoms. The van der Waals surface area contributed by atoms with Gasteiger partial charge in [-0.25, -0.2) is 9.79 Å². The van der Waals surface area contributed by atoms with Gasteiger partial charge < -0.3 is 9.47 Å².